The van der Waals surface area contributed by atoms with Gasteiger partial charge >= 0.3 is 0 Å². The van der Waals surface area contributed by atoms with Gasteiger partial charge in [0.2, 0.25) is 0 Å². The zero-order chi connectivity index (χ0) is 48.4. The molecular weight excluding hydrogens is 854 g/mol. The quantitative estimate of drug-likeness (QED) is 0.159. The predicted octanol–water partition coefficient (Wildman–Crippen LogP) is 16.8. The van der Waals surface area contributed by atoms with Crippen LogP contribution >= 0.6 is 11.3 Å². The summed E-state index contributed by atoms with van der Waals surface area (Å²) in [5, 5.41) is 5.04. The maximum Gasteiger partial charge on any atom is 0.254 e. The highest BCUT2D eigenvalue weighted by molar-refractivity contribution is 7.26. The highest BCUT2D eigenvalue weighted by Crippen LogP contribution is 2.52. The van der Waals surface area contributed by atoms with Gasteiger partial charge in [-0.05, 0) is 138 Å². The van der Waals surface area contributed by atoms with E-state index in [1.807, 2.05) is 11.3 Å². The monoisotopic (exact) mass is 917 g/mol. The van der Waals surface area contributed by atoms with Gasteiger partial charge in [-0.25, -0.2) is 0 Å². The van der Waals surface area contributed by atoms with Gasteiger partial charge in [-0.1, -0.05) is 186 Å². The van der Waals surface area contributed by atoms with E-state index in [9.17, 15) is 0 Å². The van der Waals surface area contributed by atoms with Crippen LogP contribution in [0.2, 0.25) is 0 Å². The van der Waals surface area contributed by atoms with E-state index in [1.165, 1.54) is 81.6 Å². The second kappa shape index (κ2) is 16.0. The van der Waals surface area contributed by atoms with Crippen LogP contribution in [0.1, 0.15) is 105 Å². The Morgan fingerprint density at radius 2 is 0.928 bits per heavy atom. The summed E-state index contributed by atoms with van der Waals surface area (Å²) in [4.78, 5) is 7.69. The van der Waals surface area contributed by atoms with Crippen molar-refractivity contribution in [1.29, 1.82) is 0 Å². The fourth-order valence-electron chi connectivity index (χ4n) is 10.7. The summed E-state index contributed by atoms with van der Waals surface area (Å²) in [5.41, 5.74) is 18.7. The molecule has 5 heteroatoms. The van der Waals surface area contributed by atoms with Crippen LogP contribution < -0.4 is 31.1 Å². The first-order valence-corrected chi connectivity index (χ1v) is 25.6. The van der Waals surface area contributed by atoms with Crippen molar-refractivity contribution in [2.45, 2.75) is 105 Å². The molecule has 8 aromatic carbocycles. The van der Waals surface area contributed by atoms with Crippen LogP contribution in [0.3, 0.4) is 0 Å². The van der Waals surface area contributed by atoms with E-state index >= 15 is 0 Å². The predicted molar refractivity (Wildman–Crippen MR) is 303 cm³/mol. The first-order valence-electron chi connectivity index (χ1n) is 24.8. The van der Waals surface area contributed by atoms with Crippen LogP contribution in [0.25, 0.3) is 20.9 Å². The normalized spacial score (nSPS) is 13.7. The molecule has 3 nitrogen and oxygen atoms in total. The van der Waals surface area contributed by atoms with Crippen LogP contribution in [0, 0.1) is 0 Å². The SMILES string of the molecule is CC(C)(C)c1ccc(N2c3ccc(C(C)(C)C)cc3B3c4c2cc(N(c2ccccc2)c2cccc5ccccc25)cc4N(c2ccc(C(C)(C)C)cc2)c2sc4cc(C(C)(C)C)ccc4c23)cc1. The second-order valence-corrected chi connectivity index (χ2v) is 24.6. The number of benzene rings is 8. The summed E-state index contributed by atoms with van der Waals surface area (Å²) in [5.74, 6) is 0. The minimum absolute atomic E-state index is 0.0107. The molecule has 0 radical (unpaired) electrons. The van der Waals surface area contributed by atoms with Gasteiger partial charge in [-0.3, -0.25) is 0 Å². The van der Waals surface area contributed by atoms with Gasteiger partial charge in [0, 0.05) is 44.2 Å². The molecule has 0 amide bonds. The number of anilines is 9. The molecule has 69 heavy (non-hydrogen) atoms. The lowest BCUT2D eigenvalue weighted by molar-refractivity contribution is 0.590. The standard InChI is InChI=1S/C64H64BN3S/c1-61(2,3)42-25-31-47(32-26-42)67-54-36-30-44(63(7,8)9)37-52(54)65-58-51-35-29-45(64(10,11)12)38-57(51)69-60(58)68(48-33-27-43(28-34-48)62(4,5)6)56-40-49(39-55(67)59(56)65)66(46-21-14-13-15-22-46)53-24-18-20-41-19-16-17-23-50(41)53/h13-40H,1-12H3. The number of hydrogen-bond acceptors (Lipinski definition) is 4. The van der Waals surface area contributed by atoms with Crippen molar-refractivity contribution in [3.05, 3.63) is 192 Å². The largest absolute Gasteiger partial charge is 0.311 e. The number of nitrogens with zero attached hydrogens (tertiary/aromatic N) is 3. The number of fused-ring (bicyclic) bond motifs is 7. The Balaban J connectivity index is 1.30. The van der Waals surface area contributed by atoms with E-state index in [1.54, 1.807) is 0 Å². The molecule has 0 bridgehead atoms. The highest BCUT2D eigenvalue weighted by Gasteiger charge is 2.46. The van der Waals surface area contributed by atoms with Crippen molar-refractivity contribution < 1.29 is 0 Å². The molecule has 0 saturated heterocycles. The second-order valence-electron chi connectivity index (χ2n) is 23.6. The summed E-state index contributed by atoms with van der Waals surface area (Å²) >= 11 is 1.95. The van der Waals surface area contributed by atoms with Crippen LogP contribution in [0.5, 0.6) is 0 Å². The molecule has 0 unspecified atom stereocenters. The van der Waals surface area contributed by atoms with Crippen LogP contribution in [-0.2, 0) is 21.7 Å². The molecule has 0 N–H and O–H groups in total. The van der Waals surface area contributed by atoms with Crippen LogP contribution in [-0.4, -0.2) is 6.71 Å². The Labute approximate surface area is 415 Å². The van der Waals surface area contributed by atoms with Crippen molar-refractivity contribution in [2.75, 3.05) is 14.7 Å². The smallest absolute Gasteiger partial charge is 0.254 e. The highest BCUT2D eigenvalue weighted by atomic mass is 32.1. The average Bonchev–Trinajstić information content (AvgIpc) is 3.69. The van der Waals surface area contributed by atoms with E-state index in [-0.39, 0.29) is 28.4 Å². The fraction of sp³-hybridized carbons (Fsp3) is 0.250. The number of para-hydroxylation sites is 1. The summed E-state index contributed by atoms with van der Waals surface area (Å²) in [6.07, 6.45) is 0. The molecule has 0 aliphatic carbocycles. The molecule has 9 aromatic rings. The van der Waals surface area contributed by atoms with Gasteiger partial charge in [0.25, 0.3) is 6.71 Å². The topological polar surface area (TPSA) is 9.72 Å². The number of rotatable bonds is 5. The summed E-state index contributed by atoms with van der Waals surface area (Å²) in [6, 6.07) is 65.0. The van der Waals surface area contributed by atoms with Gasteiger partial charge in [-0.15, -0.1) is 11.3 Å². The zero-order valence-corrected chi connectivity index (χ0v) is 43.3. The third kappa shape index (κ3) is 7.65. The van der Waals surface area contributed by atoms with E-state index in [4.69, 9.17) is 0 Å². The fourth-order valence-corrected chi connectivity index (χ4v) is 12.0. The minimum atomic E-state index is -0.0491. The molecule has 0 spiro atoms. The first-order chi connectivity index (χ1) is 32.8. The molecule has 0 atom stereocenters. The van der Waals surface area contributed by atoms with E-state index in [0.717, 1.165) is 28.4 Å². The Morgan fingerprint density at radius 1 is 0.406 bits per heavy atom. The lowest BCUT2D eigenvalue weighted by Crippen LogP contribution is -2.61. The summed E-state index contributed by atoms with van der Waals surface area (Å²) in [7, 11) is 0. The molecule has 2 aliphatic rings. The van der Waals surface area contributed by atoms with Gasteiger partial charge in [0.15, 0.2) is 0 Å². The molecule has 0 saturated carbocycles. The lowest BCUT2D eigenvalue weighted by Gasteiger charge is -2.44. The van der Waals surface area contributed by atoms with E-state index in [2.05, 4.69) is 268 Å². The molecule has 3 heterocycles. The summed E-state index contributed by atoms with van der Waals surface area (Å²) in [6.45, 7) is 27.8. The van der Waals surface area contributed by atoms with Crippen molar-refractivity contribution >= 4 is 106 Å². The third-order valence-corrected chi connectivity index (χ3v) is 15.8. The van der Waals surface area contributed by atoms with E-state index in [0.29, 0.717) is 0 Å². The van der Waals surface area contributed by atoms with Crippen LogP contribution in [0.15, 0.2) is 170 Å². The molecular formula is C64H64BN3S. The molecule has 0 fully saturated rings. The molecule has 11 rings (SSSR count). The van der Waals surface area contributed by atoms with Gasteiger partial charge in [0.05, 0.1) is 16.4 Å². The third-order valence-electron chi connectivity index (χ3n) is 14.7. The van der Waals surface area contributed by atoms with Crippen molar-refractivity contribution in [3.8, 4) is 0 Å². The molecule has 2 aliphatic heterocycles. The Kier molecular flexibility index (Phi) is 10.4. The van der Waals surface area contributed by atoms with Gasteiger partial charge in [-0.2, -0.15) is 0 Å². The zero-order valence-electron chi connectivity index (χ0n) is 42.5. The first kappa shape index (κ1) is 44.9. The van der Waals surface area contributed by atoms with Gasteiger partial charge < -0.3 is 14.7 Å². The molecule has 344 valence electrons. The maximum absolute atomic E-state index is 2.62. The van der Waals surface area contributed by atoms with Crippen molar-refractivity contribution in [2.24, 2.45) is 0 Å². The Hall–Kier alpha value is -6.56. The van der Waals surface area contributed by atoms with Gasteiger partial charge in [0.1, 0.15) is 0 Å². The van der Waals surface area contributed by atoms with Crippen molar-refractivity contribution in [3.63, 3.8) is 0 Å². The maximum atomic E-state index is 2.62. The lowest BCUT2D eigenvalue weighted by atomic mass is 9.33. The Bertz CT molecular complexity index is 3420. The van der Waals surface area contributed by atoms with Crippen LogP contribution in [0.4, 0.5) is 50.5 Å². The average molecular weight is 918 g/mol. The summed E-state index contributed by atoms with van der Waals surface area (Å²) < 4.78 is 1.33. The van der Waals surface area contributed by atoms with E-state index < -0.39 is 0 Å². The number of hydrogen-bond donors (Lipinski definition) is 0. The number of thiophene rings is 1. The minimum Gasteiger partial charge on any atom is -0.311 e. The Morgan fingerprint density at radius 3 is 1.55 bits per heavy atom. The molecule has 1 aromatic heterocycles. The van der Waals surface area contributed by atoms with Crippen molar-refractivity contribution in [1.82, 2.24) is 0 Å².